The number of aromatic nitrogens is 2. The Labute approximate surface area is 78.8 Å². The van der Waals surface area contributed by atoms with Gasteiger partial charge in [-0.3, -0.25) is 0 Å². The van der Waals surface area contributed by atoms with Crippen molar-refractivity contribution in [2.24, 2.45) is 0 Å². The standard InChI is InChI=1S/C6H6F3N3.ClH/c1-10-4-2-11-3-12-5(4)6(7,8)9;/h2-3,10H,1H3;1H. The Kier molecular flexibility index (Phi) is 3.93. The summed E-state index contributed by atoms with van der Waals surface area (Å²) in [6.45, 7) is 0. The Morgan fingerprint density at radius 3 is 2.38 bits per heavy atom. The maximum absolute atomic E-state index is 12.1. The second-order valence-corrected chi connectivity index (χ2v) is 2.03. The van der Waals surface area contributed by atoms with Crippen molar-refractivity contribution in [1.29, 1.82) is 0 Å². The minimum atomic E-state index is -4.43. The highest BCUT2D eigenvalue weighted by Crippen LogP contribution is 2.31. The van der Waals surface area contributed by atoms with Gasteiger partial charge in [-0.05, 0) is 0 Å². The van der Waals surface area contributed by atoms with E-state index in [-0.39, 0.29) is 18.1 Å². The van der Waals surface area contributed by atoms with Crippen LogP contribution in [0.25, 0.3) is 0 Å². The molecule has 0 saturated heterocycles. The Bertz CT molecular complexity index is 276. The number of alkyl halides is 3. The minimum absolute atomic E-state index is 0. The van der Waals surface area contributed by atoms with E-state index < -0.39 is 11.9 Å². The van der Waals surface area contributed by atoms with Crippen molar-refractivity contribution >= 4 is 18.1 Å². The van der Waals surface area contributed by atoms with Gasteiger partial charge in [-0.2, -0.15) is 13.2 Å². The molecule has 0 amide bonds. The molecule has 0 radical (unpaired) electrons. The van der Waals surface area contributed by atoms with Crippen LogP contribution in [0, 0.1) is 0 Å². The second kappa shape index (κ2) is 4.27. The Balaban J connectivity index is 0.00000144. The molecule has 0 aliphatic rings. The molecule has 0 aliphatic carbocycles. The molecular formula is C6H7ClF3N3. The summed E-state index contributed by atoms with van der Waals surface area (Å²) in [5.74, 6) is 0. The highest BCUT2D eigenvalue weighted by molar-refractivity contribution is 5.85. The van der Waals surface area contributed by atoms with Gasteiger partial charge in [0.2, 0.25) is 0 Å². The molecule has 0 unspecified atom stereocenters. The number of halogens is 4. The van der Waals surface area contributed by atoms with Gasteiger partial charge in [0, 0.05) is 7.05 Å². The third-order valence-corrected chi connectivity index (χ3v) is 1.25. The maximum Gasteiger partial charge on any atom is 0.435 e. The van der Waals surface area contributed by atoms with E-state index in [1.807, 2.05) is 0 Å². The lowest BCUT2D eigenvalue weighted by molar-refractivity contribution is -0.140. The first-order valence-corrected chi connectivity index (χ1v) is 3.10. The average molecular weight is 214 g/mol. The molecule has 0 spiro atoms. The van der Waals surface area contributed by atoms with Gasteiger partial charge < -0.3 is 5.32 Å². The van der Waals surface area contributed by atoms with E-state index in [1.165, 1.54) is 7.05 Å². The van der Waals surface area contributed by atoms with E-state index in [9.17, 15) is 13.2 Å². The van der Waals surface area contributed by atoms with Crippen LogP contribution < -0.4 is 5.32 Å². The van der Waals surface area contributed by atoms with Crippen LogP contribution in [-0.4, -0.2) is 17.0 Å². The Morgan fingerprint density at radius 1 is 1.38 bits per heavy atom. The van der Waals surface area contributed by atoms with Gasteiger partial charge in [-0.25, -0.2) is 9.97 Å². The van der Waals surface area contributed by atoms with Gasteiger partial charge in [-0.1, -0.05) is 0 Å². The third-order valence-electron chi connectivity index (χ3n) is 1.25. The molecule has 1 N–H and O–H groups in total. The zero-order valence-electron chi connectivity index (χ0n) is 6.59. The van der Waals surface area contributed by atoms with Crippen molar-refractivity contribution in [3.8, 4) is 0 Å². The number of nitrogens with zero attached hydrogens (tertiary/aromatic N) is 2. The molecule has 3 nitrogen and oxygen atoms in total. The first-order valence-electron chi connectivity index (χ1n) is 3.10. The number of nitrogens with one attached hydrogen (secondary N) is 1. The summed E-state index contributed by atoms with van der Waals surface area (Å²) in [6, 6.07) is 0. The van der Waals surface area contributed by atoms with Crippen molar-refractivity contribution in [3.63, 3.8) is 0 Å². The van der Waals surface area contributed by atoms with Gasteiger partial charge in [0.05, 0.1) is 11.9 Å². The molecule has 0 aliphatic heterocycles. The minimum Gasteiger partial charge on any atom is -0.385 e. The van der Waals surface area contributed by atoms with Crippen LogP contribution in [0.2, 0.25) is 0 Å². The number of hydrogen-bond donors (Lipinski definition) is 1. The van der Waals surface area contributed by atoms with Crippen molar-refractivity contribution in [2.75, 3.05) is 12.4 Å². The van der Waals surface area contributed by atoms with Crippen molar-refractivity contribution in [2.45, 2.75) is 6.18 Å². The van der Waals surface area contributed by atoms with Crippen LogP contribution in [0.4, 0.5) is 18.9 Å². The van der Waals surface area contributed by atoms with E-state index in [1.54, 1.807) is 0 Å². The Morgan fingerprint density at radius 2 is 2.00 bits per heavy atom. The van der Waals surface area contributed by atoms with E-state index in [2.05, 4.69) is 15.3 Å². The van der Waals surface area contributed by atoms with Crippen LogP contribution in [0.15, 0.2) is 12.5 Å². The van der Waals surface area contributed by atoms with Crippen molar-refractivity contribution in [1.82, 2.24) is 9.97 Å². The highest BCUT2D eigenvalue weighted by atomic mass is 35.5. The van der Waals surface area contributed by atoms with Crippen molar-refractivity contribution < 1.29 is 13.2 Å². The molecule has 0 saturated carbocycles. The molecule has 74 valence electrons. The quantitative estimate of drug-likeness (QED) is 0.775. The summed E-state index contributed by atoms with van der Waals surface area (Å²) < 4.78 is 36.3. The second-order valence-electron chi connectivity index (χ2n) is 2.03. The molecule has 1 rings (SSSR count). The number of rotatable bonds is 1. The summed E-state index contributed by atoms with van der Waals surface area (Å²) in [5, 5.41) is 2.36. The maximum atomic E-state index is 12.1. The largest absolute Gasteiger partial charge is 0.435 e. The molecular weight excluding hydrogens is 207 g/mol. The topological polar surface area (TPSA) is 37.8 Å². The molecule has 1 aromatic rings. The van der Waals surface area contributed by atoms with Gasteiger partial charge in [-0.15, -0.1) is 12.4 Å². The van der Waals surface area contributed by atoms with Crippen LogP contribution in [0.1, 0.15) is 5.69 Å². The van der Waals surface area contributed by atoms with Crippen molar-refractivity contribution in [3.05, 3.63) is 18.2 Å². The SMILES string of the molecule is CNc1cncnc1C(F)(F)F.Cl. The monoisotopic (exact) mass is 213 g/mol. The third kappa shape index (κ3) is 2.73. The fraction of sp³-hybridized carbons (Fsp3) is 0.333. The lowest BCUT2D eigenvalue weighted by Gasteiger charge is -2.09. The smallest absolute Gasteiger partial charge is 0.385 e. The summed E-state index contributed by atoms with van der Waals surface area (Å²) in [6.07, 6.45) is -2.49. The fourth-order valence-electron chi connectivity index (χ4n) is 0.738. The summed E-state index contributed by atoms with van der Waals surface area (Å²) >= 11 is 0. The van der Waals surface area contributed by atoms with Gasteiger partial charge in [0.15, 0.2) is 5.69 Å². The molecule has 7 heteroatoms. The number of anilines is 1. The van der Waals surface area contributed by atoms with Crippen LogP contribution in [0.5, 0.6) is 0 Å². The van der Waals surface area contributed by atoms with E-state index >= 15 is 0 Å². The first kappa shape index (κ1) is 12.0. The molecule has 13 heavy (non-hydrogen) atoms. The van der Waals surface area contributed by atoms with Gasteiger partial charge in [0.1, 0.15) is 6.33 Å². The predicted molar refractivity (Wildman–Crippen MR) is 43.8 cm³/mol. The molecule has 0 bridgehead atoms. The molecule has 0 atom stereocenters. The molecule has 1 aromatic heterocycles. The van der Waals surface area contributed by atoms with E-state index in [4.69, 9.17) is 0 Å². The summed E-state index contributed by atoms with van der Waals surface area (Å²) in [5.41, 5.74) is -1.06. The lowest BCUT2D eigenvalue weighted by atomic mass is 10.3. The molecule has 0 aromatic carbocycles. The van der Waals surface area contributed by atoms with E-state index in [0.29, 0.717) is 0 Å². The fourth-order valence-corrected chi connectivity index (χ4v) is 0.738. The van der Waals surface area contributed by atoms with Crippen LogP contribution >= 0.6 is 12.4 Å². The zero-order valence-corrected chi connectivity index (χ0v) is 7.41. The normalized spacial score (nSPS) is 10.5. The number of hydrogen-bond acceptors (Lipinski definition) is 3. The summed E-state index contributed by atoms with van der Waals surface area (Å²) in [7, 11) is 1.38. The first-order chi connectivity index (χ1) is 5.55. The predicted octanol–water partition coefficient (Wildman–Crippen LogP) is 1.96. The van der Waals surface area contributed by atoms with Crippen LogP contribution in [-0.2, 0) is 6.18 Å². The van der Waals surface area contributed by atoms with Gasteiger partial charge >= 0.3 is 6.18 Å². The van der Waals surface area contributed by atoms with Gasteiger partial charge in [0.25, 0.3) is 0 Å². The average Bonchev–Trinajstić information content (AvgIpc) is 2.03. The zero-order chi connectivity index (χ0) is 9.19. The Hall–Kier alpha value is -1.04. The molecule has 1 heterocycles. The van der Waals surface area contributed by atoms with Crippen LogP contribution in [0.3, 0.4) is 0 Å². The molecule has 0 fully saturated rings. The lowest BCUT2D eigenvalue weighted by Crippen LogP contribution is -2.11. The van der Waals surface area contributed by atoms with E-state index in [0.717, 1.165) is 12.5 Å². The summed E-state index contributed by atoms with van der Waals surface area (Å²) in [4.78, 5) is 6.58. The highest BCUT2D eigenvalue weighted by Gasteiger charge is 2.35.